The topological polar surface area (TPSA) is 64.0 Å². The quantitative estimate of drug-likeness (QED) is 0.276. The van der Waals surface area contributed by atoms with E-state index in [1.165, 1.54) is 0 Å². The molecule has 2 aromatic carbocycles. The van der Waals surface area contributed by atoms with Gasteiger partial charge in [0, 0.05) is 13.1 Å². The van der Waals surface area contributed by atoms with Gasteiger partial charge in [0.05, 0.1) is 12.1 Å². The number of benzene rings is 2. The van der Waals surface area contributed by atoms with E-state index in [1.807, 2.05) is 82.6 Å². The number of amides is 2. The monoisotopic (exact) mass is 490 g/mol. The molecule has 5 nitrogen and oxygen atoms in total. The van der Waals surface area contributed by atoms with Crippen LogP contribution in [0.1, 0.15) is 49.7 Å². The summed E-state index contributed by atoms with van der Waals surface area (Å²) < 4.78 is 0. The first-order chi connectivity index (χ1) is 17.6. The molecule has 1 saturated heterocycles. The van der Waals surface area contributed by atoms with Crippen molar-refractivity contribution in [2.45, 2.75) is 75.7 Å². The Bertz CT molecular complexity index is 858. The number of nitrogens with zero attached hydrogens (tertiary/aromatic N) is 2. The van der Waals surface area contributed by atoms with Crippen LogP contribution in [-0.2, 0) is 12.8 Å². The first-order valence-corrected chi connectivity index (χ1v) is 13.3. The number of allylic oxidation sites excluding steroid dienone is 2. The first-order valence-electron chi connectivity index (χ1n) is 13.3. The van der Waals surface area contributed by atoms with Crippen molar-refractivity contribution in [3.8, 4) is 0 Å². The molecular weight excluding hydrogens is 448 g/mol. The second-order valence-electron chi connectivity index (χ2n) is 9.73. The third kappa shape index (κ3) is 7.55. The average Bonchev–Trinajstić information content (AvgIpc) is 2.96. The normalized spacial score (nSPS) is 22.3. The number of hydrogen-bond donors (Lipinski definition) is 2. The van der Waals surface area contributed by atoms with Gasteiger partial charge in [0.1, 0.15) is 12.2 Å². The summed E-state index contributed by atoms with van der Waals surface area (Å²) in [6, 6.07) is 18.7. The maximum atomic E-state index is 14.2. The fourth-order valence-corrected chi connectivity index (χ4v) is 5.11. The summed E-state index contributed by atoms with van der Waals surface area (Å²) in [4.78, 5) is 17.8. The van der Waals surface area contributed by atoms with Crippen LogP contribution in [0.25, 0.3) is 0 Å². The highest BCUT2D eigenvalue weighted by atomic mass is 16.3. The lowest BCUT2D eigenvalue weighted by molar-refractivity contribution is -0.0396. The van der Waals surface area contributed by atoms with E-state index in [9.17, 15) is 15.0 Å². The fourth-order valence-electron chi connectivity index (χ4n) is 5.11. The maximum Gasteiger partial charge on any atom is 0.320 e. The van der Waals surface area contributed by atoms with Crippen LogP contribution < -0.4 is 0 Å². The third-order valence-electron chi connectivity index (χ3n) is 7.12. The van der Waals surface area contributed by atoms with E-state index in [4.69, 9.17) is 0 Å². The molecule has 4 atom stereocenters. The number of aliphatic hydroxyl groups excluding tert-OH is 2. The number of hydrogen-bond acceptors (Lipinski definition) is 3. The zero-order chi connectivity index (χ0) is 25.8. The molecule has 36 heavy (non-hydrogen) atoms. The number of carbonyl (C=O) groups excluding carboxylic acids is 1. The number of carbonyl (C=O) groups is 1. The number of rotatable bonds is 14. The van der Waals surface area contributed by atoms with Gasteiger partial charge >= 0.3 is 6.03 Å². The van der Waals surface area contributed by atoms with Crippen LogP contribution in [-0.4, -0.2) is 63.4 Å². The lowest BCUT2D eigenvalue weighted by atomic mass is 9.91. The second-order valence-corrected chi connectivity index (χ2v) is 9.73. The van der Waals surface area contributed by atoms with Gasteiger partial charge in [-0.05, 0) is 62.5 Å². The summed E-state index contributed by atoms with van der Waals surface area (Å²) in [5.74, 6) is 0. The van der Waals surface area contributed by atoms with Gasteiger partial charge in [0.2, 0.25) is 0 Å². The van der Waals surface area contributed by atoms with Crippen molar-refractivity contribution in [3.05, 3.63) is 97.1 Å². The minimum absolute atomic E-state index is 0.0929. The van der Waals surface area contributed by atoms with E-state index in [0.717, 1.165) is 49.7 Å². The van der Waals surface area contributed by atoms with Crippen molar-refractivity contribution in [1.82, 2.24) is 9.80 Å². The molecule has 0 unspecified atom stereocenters. The molecule has 1 heterocycles. The molecule has 2 N–H and O–H groups in total. The van der Waals surface area contributed by atoms with Crippen molar-refractivity contribution in [2.75, 3.05) is 13.1 Å². The Labute approximate surface area is 216 Å². The summed E-state index contributed by atoms with van der Waals surface area (Å²) >= 11 is 0. The van der Waals surface area contributed by atoms with Crippen LogP contribution in [0.5, 0.6) is 0 Å². The van der Waals surface area contributed by atoms with Gasteiger partial charge in [-0.3, -0.25) is 0 Å². The van der Waals surface area contributed by atoms with Crippen LogP contribution in [0.15, 0.2) is 86.0 Å². The van der Waals surface area contributed by atoms with Crippen molar-refractivity contribution in [3.63, 3.8) is 0 Å². The largest absolute Gasteiger partial charge is 0.388 e. The van der Waals surface area contributed by atoms with Gasteiger partial charge in [0.25, 0.3) is 0 Å². The molecule has 3 rings (SSSR count). The Morgan fingerprint density at radius 1 is 0.667 bits per heavy atom. The molecule has 1 aliphatic rings. The summed E-state index contributed by atoms with van der Waals surface area (Å²) in [7, 11) is 0. The molecule has 0 aliphatic carbocycles. The molecule has 194 valence electrons. The van der Waals surface area contributed by atoms with Crippen LogP contribution >= 0.6 is 0 Å². The Hall–Kier alpha value is -2.89. The fraction of sp³-hybridized carbons (Fsp3) is 0.452. The van der Waals surface area contributed by atoms with Crippen molar-refractivity contribution >= 4 is 6.03 Å². The van der Waals surface area contributed by atoms with Gasteiger partial charge in [-0.1, -0.05) is 72.8 Å². The zero-order valence-electron chi connectivity index (χ0n) is 21.4. The van der Waals surface area contributed by atoms with Crippen LogP contribution in [0.2, 0.25) is 0 Å². The molecule has 1 aliphatic heterocycles. The number of unbranched alkanes of at least 4 members (excludes halogenated alkanes) is 4. The summed E-state index contributed by atoms with van der Waals surface area (Å²) in [6.45, 7) is 8.69. The molecule has 5 heteroatoms. The first kappa shape index (κ1) is 27.7. The van der Waals surface area contributed by atoms with E-state index in [1.54, 1.807) is 0 Å². The molecule has 0 aromatic heterocycles. The van der Waals surface area contributed by atoms with Gasteiger partial charge in [-0.15, -0.1) is 13.2 Å². The smallest absolute Gasteiger partial charge is 0.320 e. The summed E-state index contributed by atoms with van der Waals surface area (Å²) in [5, 5.41) is 23.1. The SMILES string of the molecule is C=CCCCCN1C(=O)N(CCCCC=C)[C@H](Cc2ccccc2)[C@H](O)[C@@H](O)[C@H]1Cc1ccccc1. The Morgan fingerprint density at radius 2 is 1.06 bits per heavy atom. The average molecular weight is 491 g/mol. The van der Waals surface area contributed by atoms with E-state index in [2.05, 4.69) is 13.2 Å². The molecule has 0 spiro atoms. The predicted octanol–water partition coefficient (Wildman–Crippen LogP) is 5.38. The zero-order valence-corrected chi connectivity index (χ0v) is 21.4. The van der Waals surface area contributed by atoms with E-state index < -0.39 is 24.3 Å². The van der Waals surface area contributed by atoms with Gasteiger partial charge < -0.3 is 20.0 Å². The van der Waals surface area contributed by atoms with Gasteiger partial charge in [0.15, 0.2) is 0 Å². The lowest BCUT2D eigenvalue weighted by Crippen LogP contribution is -2.51. The molecule has 0 saturated carbocycles. The lowest BCUT2D eigenvalue weighted by Gasteiger charge is -2.35. The predicted molar refractivity (Wildman–Crippen MR) is 147 cm³/mol. The van der Waals surface area contributed by atoms with Crippen LogP contribution in [0.4, 0.5) is 4.79 Å². The molecule has 0 bridgehead atoms. The summed E-state index contributed by atoms with van der Waals surface area (Å²) in [5.41, 5.74) is 2.08. The molecule has 1 fully saturated rings. The maximum absolute atomic E-state index is 14.2. The van der Waals surface area contributed by atoms with E-state index in [0.29, 0.717) is 25.9 Å². The highest BCUT2D eigenvalue weighted by Gasteiger charge is 2.45. The van der Waals surface area contributed by atoms with Crippen molar-refractivity contribution in [2.24, 2.45) is 0 Å². The number of aliphatic hydroxyl groups is 2. The van der Waals surface area contributed by atoms with Crippen molar-refractivity contribution < 1.29 is 15.0 Å². The second kappa shape index (κ2) is 14.6. The minimum atomic E-state index is -1.06. The minimum Gasteiger partial charge on any atom is -0.388 e. The molecule has 2 amide bonds. The highest BCUT2D eigenvalue weighted by Crippen LogP contribution is 2.28. The number of urea groups is 1. The van der Waals surface area contributed by atoms with Crippen LogP contribution in [0.3, 0.4) is 0 Å². The van der Waals surface area contributed by atoms with Gasteiger partial charge in [-0.25, -0.2) is 4.79 Å². The Morgan fingerprint density at radius 3 is 1.42 bits per heavy atom. The van der Waals surface area contributed by atoms with E-state index >= 15 is 0 Å². The summed E-state index contributed by atoms with van der Waals surface area (Å²) in [6.07, 6.45) is 7.94. The molecular formula is C31H42N2O3. The van der Waals surface area contributed by atoms with E-state index in [-0.39, 0.29) is 6.03 Å². The molecule has 0 radical (unpaired) electrons. The Balaban J connectivity index is 1.95. The Kier molecular flexibility index (Phi) is 11.2. The van der Waals surface area contributed by atoms with Crippen LogP contribution in [0, 0.1) is 0 Å². The third-order valence-corrected chi connectivity index (χ3v) is 7.12. The highest BCUT2D eigenvalue weighted by molar-refractivity contribution is 5.76. The molecule has 2 aromatic rings. The standard InChI is InChI=1S/C31H42N2O3/c1-3-5-7-15-21-32-27(23-25-17-11-9-12-18-25)29(34)30(35)28(24-26-19-13-10-14-20-26)33(31(32)36)22-16-8-6-4-2/h3-4,9-14,17-20,27-30,34-35H,1-2,5-8,15-16,21-24H2/t27-,28-,29+,30+/m1/s1. The van der Waals surface area contributed by atoms with Crippen molar-refractivity contribution in [1.29, 1.82) is 0 Å². The van der Waals surface area contributed by atoms with Gasteiger partial charge in [-0.2, -0.15) is 0 Å².